The van der Waals surface area contributed by atoms with E-state index in [4.69, 9.17) is 0 Å². The molecule has 0 amide bonds. The predicted molar refractivity (Wildman–Crippen MR) is 59.4 cm³/mol. The Kier molecular flexibility index (Phi) is 4.11. The zero-order valence-electron chi connectivity index (χ0n) is 9.04. The molecule has 0 aliphatic heterocycles. The van der Waals surface area contributed by atoms with Gasteiger partial charge >= 0.3 is 0 Å². The molecule has 0 spiro atoms. The first-order chi connectivity index (χ1) is 6.74. The minimum atomic E-state index is 0.859. The first-order valence-electron chi connectivity index (χ1n) is 4.90. The molecule has 1 aromatic rings. The van der Waals surface area contributed by atoms with Crippen LogP contribution < -0.4 is 5.32 Å². The van der Waals surface area contributed by atoms with E-state index in [2.05, 4.69) is 21.6 Å². The highest BCUT2D eigenvalue weighted by molar-refractivity contribution is 5.37. The zero-order chi connectivity index (χ0) is 10.4. The van der Waals surface area contributed by atoms with E-state index in [1.165, 1.54) is 5.56 Å². The van der Waals surface area contributed by atoms with Gasteiger partial charge in [0.2, 0.25) is 0 Å². The van der Waals surface area contributed by atoms with Gasteiger partial charge in [-0.15, -0.1) is 5.10 Å². The number of nitrogens with one attached hydrogen (secondary N) is 1. The Bertz CT molecular complexity index is 318. The van der Waals surface area contributed by atoms with Gasteiger partial charge in [0.05, 0.1) is 5.69 Å². The number of anilines is 1. The van der Waals surface area contributed by atoms with Crippen LogP contribution in [0.1, 0.15) is 24.6 Å². The van der Waals surface area contributed by atoms with Crippen LogP contribution in [-0.2, 0) is 0 Å². The van der Waals surface area contributed by atoms with Crippen molar-refractivity contribution < 1.29 is 0 Å². The highest BCUT2D eigenvalue weighted by atomic mass is 15.2. The molecule has 1 aromatic heterocycles. The maximum Gasteiger partial charge on any atom is 0.148 e. The first kappa shape index (κ1) is 10.7. The van der Waals surface area contributed by atoms with Crippen molar-refractivity contribution in [3.05, 3.63) is 29.5 Å². The lowest BCUT2D eigenvalue weighted by molar-refractivity contribution is 0.941. The quantitative estimate of drug-likeness (QED) is 0.587. The summed E-state index contributed by atoms with van der Waals surface area (Å²) < 4.78 is 0. The lowest BCUT2D eigenvalue weighted by Gasteiger charge is -2.04. The smallest absolute Gasteiger partial charge is 0.148 e. The van der Waals surface area contributed by atoms with Gasteiger partial charge in [-0.3, -0.25) is 0 Å². The van der Waals surface area contributed by atoms with E-state index in [9.17, 15) is 0 Å². The third kappa shape index (κ3) is 3.17. The Labute approximate surface area is 85.3 Å². The highest BCUT2D eigenvalue weighted by Crippen LogP contribution is 2.07. The molecule has 0 aliphatic rings. The highest BCUT2D eigenvalue weighted by Gasteiger charge is 1.97. The number of nitrogens with zero attached hydrogens (tertiary/aromatic N) is 2. The van der Waals surface area contributed by atoms with Gasteiger partial charge in [-0.1, -0.05) is 12.2 Å². The summed E-state index contributed by atoms with van der Waals surface area (Å²) in [5, 5.41) is 11.3. The van der Waals surface area contributed by atoms with E-state index in [1.54, 1.807) is 0 Å². The summed E-state index contributed by atoms with van der Waals surface area (Å²) in [6.07, 6.45) is 5.19. The third-order valence-corrected chi connectivity index (χ3v) is 2.08. The predicted octanol–water partition coefficient (Wildman–Crippen LogP) is 2.47. The monoisotopic (exact) mass is 191 g/mol. The fourth-order valence-corrected chi connectivity index (χ4v) is 1.08. The molecule has 1 rings (SSSR count). The molecule has 3 nitrogen and oxygen atoms in total. The lowest BCUT2D eigenvalue weighted by Crippen LogP contribution is -2.04. The maximum absolute atomic E-state index is 4.05. The molecule has 1 N–H and O–H groups in total. The van der Waals surface area contributed by atoms with Crippen LogP contribution in [0.5, 0.6) is 0 Å². The maximum atomic E-state index is 4.05. The van der Waals surface area contributed by atoms with Gasteiger partial charge < -0.3 is 5.32 Å². The second kappa shape index (κ2) is 5.37. The molecular weight excluding hydrogens is 174 g/mol. The summed E-state index contributed by atoms with van der Waals surface area (Å²) in [4.78, 5) is 0. The molecular formula is C11H17N3. The van der Waals surface area contributed by atoms with Crippen molar-refractivity contribution in [1.29, 1.82) is 0 Å². The molecule has 0 saturated carbocycles. The van der Waals surface area contributed by atoms with Crippen molar-refractivity contribution in [2.75, 3.05) is 11.9 Å². The molecule has 0 unspecified atom stereocenters. The average Bonchev–Trinajstić information content (AvgIpc) is 2.18. The van der Waals surface area contributed by atoms with Gasteiger partial charge in [-0.2, -0.15) is 5.10 Å². The van der Waals surface area contributed by atoms with E-state index in [0.29, 0.717) is 0 Å². The van der Waals surface area contributed by atoms with Gasteiger partial charge in [0, 0.05) is 6.54 Å². The van der Waals surface area contributed by atoms with E-state index in [1.807, 2.05) is 32.9 Å². The van der Waals surface area contributed by atoms with Crippen molar-refractivity contribution in [3.63, 3.8) is 0 Å². The second-order valence-electron chi connectivity index (χ2n) is 3.28. The Balaban J connectivity index is 2.47. The number of allylic oxidation sites excluding steroid dienone is 1. The number of rotatable bonds is 4. The summed E-state index contributed by atoms with van der Waals surface area (Å²) >= 11 is 0. The number of aryl methyl sites for hydroxylation is 2. The molecule has 1 heterocycles. The van der Waals surface area contributed by atoms with Crippen molar-refractivity contribution in [1.82, 2.24) is 10.2 Å². The number of hydrogen-bond donors (Lipinski definition) is 1. The third-order valence-electron chi connectivity index (χ3n) is 2.08. The minimum absolute atomic E-state index is 0.859. The first-order valence-corrected chi connectivity index (χ1v) is 4.90. The van der Waals surface area contributed by atoms with Crippen molar-refractivity contribution >= 4 is 5.82 Å². The minimum Gasteiger partial charge on any atom is -0.368 e. The molecule has 14 heavy (non-hydrogen) atoms. The molecule has 0 aromatic carbocycles. The summed E-state index contributed by atoms with van der Waals surface area (Å²) in [5.41, 5.74) is 2.16. The van der Waals surface area contributed by atoms with Crippen molar-refractivity contribution in [2.24, 2.45) is 0 Å². The SMILES string of the molecule is C/C=C/CCNc1cc(C)c(C)nn1. The summed E-state index contributed by atoms with van der Waals surface area (Å²) in [6, 6.07) is 2.03. The summed E-state index contributed by atoms with van der Waals surface area (Å²) in [5.74, 6) is 0.859. The van der Waals surface area contributed by atoms with E-state index in [0.717, 1.165) is 24.5 Å². The molecule has 0 fully saturated rings. The van der Waals surface area contributed by atoms with Crippen LogP contribution >= 0.6 is 0 Å². The largest absolute Gasteiger partial charge is 0.368 e. The molecule has 0 bridgehead atoms. The van der Waals surface area contributed by atoms with Gasteiger partial charge in [-0.05, 0) is 38.8 Å². The topological polar surface area (TPSA) is 37.8 Å². The fourth-order valence-electron chi connectivity index (χ4n) is 1.08. The van der Waals surface area contributed by atoms with Gasteiger partial charge in [-0.25, -0.2) is 0 Å². The molecule has 76 valence electrons. The standard InChI is InChI=1S/C11H17N3/c1-4-5-6-7-12-11-8-9(2)10(3)13-14-11/h4-5,8H,6-7H2,1-3H3,(H,12,14)/b5-4+. The van der Waals surface area contributed by atoms with E-state index >= 15 is 0 Å². The second-order valence-corrected chi connectivity index (χ2v) is 3.28. The molecule has 0 aliphatic carbocycles. The van der Waals surface area contributed by atoms with Crippen LogP contribution in [0.3, 0.4) is 0 Å². The lowest BCUT2D eigenvalue weighted by atomic mass is 10.2. The fraction of sp³-hybridized carbons (Fsp3) is 0.455. The average molecular weight is 191 g/mol. The normalized spacial score (nSPS) is 10.8. The van der Waals surface area contributed by atoms with Crippen LogP contribution in [0.15, 0.2) is 18.2 Å². The van der Waals surface area contributed by atoms with E-state index < -0.39 is 0 Å². The van der Waals surface area contributed by atoms with Crippen LogP contribution in [0.2, 0.25) is 0 Å². The Morgan fingerprint density at radius 2 is 2.14 bits per heavy atom. The zero-order valence-corrected chi connectivity index (χ0v) is 9.04. The van der Waals surface area contributed by atoms with Crippen LogP contribution in [0, 0.1) is 13.8 Å². The summed E-state index contributed by atoms with van der Waals surface area (Å²) in [6.45, 7) is 6.93. The molecule has 0 radical (unpaired) electrons. The van der Waals surface area contributed by atoms with Gasteiger partial charge in [0.25, 0.3) is 0 Å². The van der Waals surface area contributed by atoms with Crippen LogP contribution in [0.25, 0.3) is 0 Å². The Hall–Kier alpha value is -1.38. The Morgan fingerprint density at radius 1 is 1.36 bits per heavy atom. The van der Waals surface area contributed by atoms with Crippen molar-refractivity contribution in [3.8, 4) is 0 Å². The van der Waals surface area contributed by atoms with Gasteiger partial charge in [0.15, 0.2) is 0 Å². The van der Waals surface area contributed by atoms with Gasteiger partial charge in [0.1, 0.15) is 5.82 Å². The molecule has 0 atom stereocenters. The number of hydrogen-bond acceptors (Lipinski definition) is 3. The van der Waals surface area contributed by atoms with Crippen LogP contribution in [0.4, 0.5) is 5.82 Å². The molecule has 3 heteroatoms. The molecule has 0 saturated heterocycles. The van der Waals surface area contributed by atoms with E-state index in [-0.39, 0.29) is 0 Å². The Morgan fingerprint density at radius 3 is 2.79 bits per heavy atom. The van der Waals surface area contributed by atoms with Crippen LogP contribution in [-0.4, -0.2) is 16.7 Å². The summed E-state index contributed by atoms with van der Waals surface area (Å²) in [7, 11) is 0. The number of aromatic nitrogens is 2. The van der Waals surface area contributed by atoms with Crippen molar-refractivity contribution in [2.45, 2.75) is 27.2 Å².